The maximum absolute atomic E-state index is 5.64. The van der Waals surface area contributed by atoms with Crippen LogP contribution in [0, 0.1) is 5.41 Å². The summed E-state index contributed by atoms with van der Waals surface area (Å²) in [4.78, 5) is 2.55. The molecule has 2 N–H and O–H groups in total. The molecule has 2 aliphatic rings. The van der Waals surface area contributed by atoms with Crippen molar-refractivity contribution in [2.24, 2.45) is 11.1 Å². The smallest absolute Gasteiger partial charge is 0.0824 e. The van der Waals surface area contributed by atoms with E-state index in [4.69, 9.17) is 10.5 Å². The van der Waals surface area contributed by atoms with Crippen molar-refractivity contribution in [2.75, 3.05) is 26.2 Å². The Bertz CT molecular complexity index is 203. The fourth-order valence-corrected chi connectivity index (χ4v) is 2.29. The third-order valence-corrected chi connectivity index (χ3v) is 4.03. The van der Waals surface area contributed by atoms with Crippen molar-refractivity contribution in [1.82, 2.24) is 4.90 Å². The lowest BCUT2D eigenvalue weighted by Gasteiger charge is -2.39. The molecule has 0 aromatic carbocycles. The zero-order chi connectivity index (χ0) is 10.2. The van der Waals surface area contributed by atoms with Crippen molar-refractivity contribution in [2.45, 2.75) is 38.8 Å². The summed E-state index contributed by atoms with van der Waals surface area (Å²) in [7, 11) is 0. The first-order valence-corrected chi connectivity index (χ1v) is 5.71. The van der Waals surface area contributed by atoms with Gasteiger partial charge in [0.05, 0.1) is 12.7 Å². The minimum absolute atomic E-state index is 0.258. The summed E-state index contributed by atoms with van der Waals surface area (Å²) < 4.78 is 5.57. The van der Waals surface area contributed by atoms with E-state index in [1.807, 2.05) is 0 Å². The second kappa shape index (κ2) is 3.80. The summed E-state index contributed by atoms with van der Waals surface area (Å²) in [5.74, 6) is 0. The van der Waals surface area contributed by atoms with Crippen molar-refractivity contribution in [3.05, 3.63) is 0 Å². The molecule has 3 nitrogen and oxygen atoms in total. The molecule has 1 heterocycles. The second-order valence-electron chi connectivity index (χ2n) is 5.05. The number of hydrogen-bond acceptors (Lipinski definition) is 3. The molecule has 1 aliphatic heterocycles. The zero-order valence-corrected chi connectivity index (χ0v) is 9.33. The van der Waals surface area contributed by atoms with Crippen LogP contribution in [0.2, 0.25) is 0 Å². The number of nitrogens with zero attached hydrogens (tertiary/aromatic N) is 1. The van der Waals surface area contributed by atoms with Crippen LogP contribution in [0.3, 0.4) is 0 Å². The van der Waals surface area contributed by atoms with Crippen molar-refractivity contribution in [3.63, 3.8) is 0 Å². The normalized spacial score (nSPS) is 34.1. The molecular formula is C11H22N2O. The molecule has 2 unspecified atom stereocenters. The van der Waals surface area contributed by atoms with Gasteiger partial charge in [0.2, 0.25) is 0 Å². The van der Waals surface area contributed by atoms with Crippen molar-refractivity contribution < 1.29 is 4.74 Å². The van der Waals surface area contributed by atoms with Gasteiger partial charge in [-0.05, 0) is 25.2 Å². The van der Waals surface area contributed by atoms with Crippen molar-refractivity contribution in [1.29, 1.82) is 0 Å². The van der Waals surface area contributed by atoms with Crippen LogP contribution >= 0.6 is 0 Å². The monoisotopic (exact) mass is 198 g/mol. The Morgan fingerprint density at radius 2 is 2.29 bits per heavy atom. The van der Waals surface area contributed by atoms with Gasteiger partial charge in [-0.15, -0.1) is 0 Å². The fourth-order valence-electron chi connectivity index (χ4n) is 2.29. The van der Waals surface area contributed by atoms with Crippen LogP contribution in [0.1, 0.15) is 26.7 Å². The highest BCUT2D eigenvalue weighted by Crippen LogP contribution is 2.49. The number of ether oxygens (including phenoxy) is 1. The van der Waals surface area contributed by atoms with E-state index >= 15 is 0 Å². The van der Waals surface area contributed by atoms with E-state index in [0.29, 0.717) is 18.0 Å². The van der Waals surface area contributed by atoms with Gasteiger partial charge in [-0.25, -0.2) is 0 Å². The molecule has 0 aromatic heterocycles. The maximum Gasteiger partial charge on any atom is 0.0824 e. The van der Waals surface area contributed by atoms with E-state index in [9.17, 15) is 0 Å². The lowest BCUT2D eigenvalue weighted by Crippen LogP contribution is -2.51. The molecule has 0 spiro atoms. The summed E-state index contributed by atoms with van der Waals surface area (Å²) in [5.41, 5.74) is 6.22. The third-order valence-electron chi connectivity index (χ3n) is 4.03. The van der Waals surface area contributed by atoms with E-state index in [2.05, 4.69) is 18.7 Å². The first kappa shape index (κ1) is 10.4. The minimum Gasteiger partial charge on any atom is -0.374 e. The van der Waals surface area contributed by atoms with Gasteiger partial charge in [0.25, 0.3) is 0 Å². The Morgan fingerprint density at radius 1 is 1.57 bits per heavy atom. The molecule has 1 aliphatic carbocycles. The summed E-state index contributed by atoms with van der Waals surface area (Å²) in [6.07, 6.45) is 3.03. The fraction of sp³-hybridized carbons (Fsp3) is 1.00. The number of hydrogen-bond donors (Lipinski definition) is 1. The minimum atomic E-state index is 0.258. The predicted molar refractivity (Wildman–Crippen MR) is 57.2 cm³/mol. The molecule has 82 valence electrons. The average molecular weight is 198 g/mol. The molecule has 3 heteroatoms. The lowest BCUT2D eigenvalue weighted by atomic mass is 9.98. The van der Waals surface area contributed by atoms with Gasteiger partial charge in [0.15, 0.2) is 0 Å². The SMILES string of the molecule is CC(N1CCOC(CN)C1)C1(C)CC1. The Balaban J connectivity index is 1.90. The van der Waals surface area contributed by atoms with Gasteiger partial charge in [0, 0.05) is 25.7 Å². The van der Waals surface area contributed by atoms with Crippen molar-refractivity contribution >= 4 is 0 Å². The van der Waals surface area contributed by atoms with Gasteiger partial charge in [-0.2, -0.15) is 0 Å². The third kappa shape index (κ3) is 1.95. The highest BCUT2D eigenvalue weighted by molar-refractivity contribution is 4.98. The Morgan fingerprint density at radius 3 is 2.86 bits per heavy atom. The maximum atomic E-state index is 5.64. The number of rotatable bonds is 3. The molecule has 0 aromatic rings. The molecule has 2 rings (SSSR count). The van der Waals surface area contributed by atoms with E-state index < -0.39 is 0 Å². The summed E-state index contributed by atoms with van der Waals surface area (Å²) in [5, 5.41) is 0. The lowest BCUT2D eigenvalue weighted by molar-refractivity contribution is -0.0455. The number of nitrogens with two attached hydrogens (primary N) is 1. The van der Waals surface area contributed by atoms with Crippen LogP contribution in [0.4, 0.5) is 0 Å². The standard InChI is InChI=1S/C11H22N2O/c1-9(11(2)3-4-11)13-5-6-14-10(7-12)8-13/h9-10H,3-8,12H2,1-2H3. The van der Waals surface area contributed by atoms with Crippen LogP contribution in [0.15, 0.2) is 0 Å². The van der Waals surface area contributed by atoms with E-state index in [0.717, 1.165) is 19.7 Å². The van der Waals surface area contributed by atoms with Gasteiger partial charge in [-0.3, -0.25) is 4.90 Å². The average Bonchev–Trinajstić information content (AvgIpc) is 2.97. The Hall–Kier alpha value is -0.120. The highest BCUT2D eigenvalue weighted by Gasteiger charge is 2.45. The molecule has 2 fully saturated rings. The molecule has 0 radical (unpaired) electrons. The Labute approximate surface area is 86.6 Å². The largest absolute Gasteiger partial charge is 0.374 e. The highest BCUT2D eigenvalue weighted by atomic mass is 16.5. The first-order chi connectivity index (χ1) is 6.65. The van der Waals surface area contributed by atoms with E-state index in [-0.39, 0.29) is 6.10 Å². The van der Waals surface area contributed by atoms with Crippen LogP contribution in [-0.4, -0.2) is 43.3 Å². The molecule has 14 heavy (non-hydrogen) atoms. The van der Waals surface area contributed by atoms with Crippen LogP contribution < -0.4 is 5.73 Å². The van der Waals surface area contributed by atoms with Crippen LogP contribution in [-0.2, 0) is 4.74 Å². The zero-order valence-electron chi connectivity index (χ0n) is 9.33. The van der Waals surface area contributed by atoms with Gasteiger partial charge >= 0.3 is 0 Å². The summed E-state index contributed by atoms with van der Waals surface area (Å²) in [6.45, 7) is 8.35. The molecule has 0 amide bonds. The Kier molecular flexibility index (Phi) is 2.82. The van der Waals surface area contributed by atoms with Gasteiger partial charge in [-0.1, -0.05) is 6.92 Å². The first-order valence-electron chi connectivity index (χ1n) is 5.71. The second-order valence-corrected chi connectivity index (χ2v) is 5.05. The molecule has 1 saturated heterocycles. The number of morpholine rings is 1. The van der Waals surface area contributed by atoms with Crippen LogP contribution in [0.25, 0.3) is 0 Å². The molecule has 1 saturated carbocycles. The summed E-state index contributed by atoms with van der Waals surface area (Å²) in [6, 6.07) is 0.695. The summed E-state index contributed by atoms with van der Waals surface area (Å²) >= 11 is 0. The quantitative estimate of drug-likeness (QED) is 0.730. The molecular weight excluding hydrogens is 176 g/mol. The van der Waals surface area contributed by atoms with Crippen LogP contribution in [0.5, 0.6) is 0 Å². The van der Waals surface area contributed by atoms with Gasteiger partial charge < -0.3 is 10.5 Å². The van der Waals surface area contributed by atoms with E-state index in [1.165, 1.54) is 12.8 Å². The van der Waals surface area contributed by atoms with Gasteiger partial charge in [0.1, 0.15) is 0 Å². The van der Waals surface area contributed by atoms with Crippen molar-refractivity contribution in [3.8, 4) is 0 Å². The molecule has 0 bridgehead atoms. The predicted octanol–water partition coefficient (Wildman–Crippen LogP) is 0.834. The topological polar surface area (TPSA) is 38.5 Å². The molecule has 2 atom stereocenters. The van der Waals surface area contributed by atoms with E-state index in [1.54, 1.807) is 0 Å².